The molecule has 7 nitrogen and oxygen atoms in total. The van der Waals surface area contributed by atoms with Crippen LogP contribution in [0.15, 0.2) is 67.0 Å². The van der Waals surface area contributed by atoms with Crippen LogP contribution in [-0.4, -0.2) is 41.7 Å². The highest BCUT2D eigenvalue weighted by molar-refractivity contribution is 7.89. The Morgan fingerprint density at radius 3 is 2.54 bits per heavy atom. The summed E-state index contributed by atoms with van der Waals surface area (Å²) in [4.78, 5) is 8.60. The summed E-state index contributed by atoms with van der Waals surface area (Å²) < 4.78 is 30.7. The van der Waals surface area contributed by atoms with Gasteiger partial charge < -0.3 is 9.30 Å². The Morgan fingerprint density at radius 2 is 1.81 bits per heavy atom. The average Bonchev–Trinajstić information content (AvgIpc) is 3.29. The van der Waals surface area contributed by atoms with Crippen molar-refractivity contribution in [1.29, 1.82) is 5.26 Å². The molecule has 5 rings (SSSR count). The largest absolute Gasteiger partial charge is 0.489 e. The van der Waals surface area contributed by atoms with Crippen LogP contribution in [0.3, 0.4) is 0 Å². The molecular formula is C27H20Cl2N4O3S. The van der Waals surface area contributed by atoms with Crippen molar-refractivity contribution in [3.63, 3.8) is 0 Å². The van der Waals surface area contributed by atoms with E-state index in [1.165, 1.54) is 0 Å². The second-order valence-corrected chi connectivity index (χ2v) is 11.5. The molecule has 0 unspecified atom stereocenters. The maximum Gasteiger partial charge on any atom is 0.155 e. The predicted molar refractivity (Wildman–Crippen MR) is 146 cm³/mol. The molecule has 2 aromatic heterocycles. The molecule has 0 bridgehead atoms. The molecule has 0 saturated carbocycles. The molecule has 2 heterocycles. The van der Waals surface area contributed by atoms with Crippen LogP contribution in [-0.2, 0) is 15.6 Å². The van der Waals surface area contributed by atoms with Crippen molar-refractivity contribution in [1.82, 2.24) is 14.5 Å². The first-order valence-corrected chi connectivity index (χ1v) is 14.2. The van der Waals surface area contributed by atoms with Crippen molar-refractivity contribution >= 4 is 54.8 Å². The summed E-state index contributed by atoms with van der Waals surface area (Å²) in [6.45, 7) is 0.257. The fourth-order valence-corrected chi connectivity index (χ4v) is 5.14. The van der Waals surface area contributed by atoms with Gasteiger partial charge >= 0.3 is 0 Å². The molecule has 0 atom stereocenters. The van der Waals surface area contributed by atoms with Gasteiger partial charge in [0.25, 0.3) is 0 Å². The Morgan fingerprint density at radius 1 is 1.05 bits per heavy atom. The van der Waals surface area contributed by atoms with E-state index in [1.807, 2.05) is 47.2 Å². The first-order valence-electron chi connectivity index (χ1n) is 11.2. The molecule has 0 fully saturated rings. The van der Waals surface area contributed by atoms with Crippen LogP contribution in [0, 0.1) is 11.3 Å². The topological polar surface area (TPSA) is 97.9 Å². The highest BCUT2D eigenvalue weighted by Crippen LogP contribution is 2.34. The van der Waals surface area contributed by atoms with Gasteiger partial charge in [0, 0.05) is 35.1 Å². The summed E-state index contributed by atoms with van der Waals surface area (Å²) in [5.41, 5.74) is 4.71. The lowest BCUT2D eigenvalue weighted by Crippen LogP contribution is -2.05. The smallest absolute Gasteiger partial charge is 0.155 e. The highest BCUT2D eigenvalue weighted by Gasteiger charge is 2.14. The number of aromatic nitrogens is 3. The molecule has 5 aromatic rings. The van der Waals surface area contributed by atoms with Crippen LogP contribution in [0.4, 0.5) is 0 Å². The number of rotatable bonds is 7. The second-order valence-electron chi connectivity index (χ2n) is 8.54. The van der Waals surface area contributed by atoms with Crippen LogP contribution in [0.5, 0.6) is 5.75 Å². The van der Waals surface area contributed by atoms with Gasteiger partial charge in [-0.1, -0.05) is 23.7 Å². The number of sulfone groups is 1. The van der Waals surface area contributed by atoms with Gasteiger partial charge in [-0.25, -0.2) is 18.4 Å². The molecule has 0 aliphatic heterocycles. The van der Waals surface area contributed by atoms with Gasteiger partial charge in [-0.15, -0.1) is 11.6 Å². The maximum atomic E-state index is 11.6. The van der Waals surface area contributed by atoms with E-state index >= 15 is 0 Å². The van der Waals surface area contributed by atoms with E-state index in [4.69, 9.17) is 27.9 Å². The number of nitrogens with zero attached hydrogens (tertiary/aromatic N) is 4. The Labute approximate surface area is 223 Å². The van der Waals surface area contributed by atoms with E-state index in [1.54, 1.807) is 18.3 Å². The summed E-state index contributed by atoms with van der Waals surface area (Å²) in [6.07, 6.45) is 4.74. The van der Waals surface area contributed by atoms with Crippen LogP contribution in [0.2, 0.25) is 5.02 Å². The summed E-state index contributed by atoms with van der Waals surface area (Å²) in [5.74, 6) is 0.713. The lowest BCUT2D eigenvalue weighted by Gasteiger charge is -2.12. The summed E-state index contributed by atoms with van der Waals surface area (Å²) in [7, 11) is -3.21. The molecule has 10 heteroatoms. The monoisotopic (exact) mass is 550 g/mol. The fourth-order valence-electron chi connectivity index (χ4n) is 4.19. The first-order chi connectivity index (χ1) is 17.8. The van der Waals surface area contributed by atoms with Crippen molar-refractivity contribution in [3.8, 4) is 28.6 Å². The number of nitriles is 1. The number of hydrogen-bond donors (Lipinski definition) is 0. The minimum absolute atomic E-state index is 0.192. The SMILES string of the molecule is CS(=O)(=O)Cc1ncc2cc(-c3ccc4c(ccn4-c4cc(Cl)c(OCCCl)c(C#N)c4)c3)ccc2n1. The number of alkyl halides is 1. The van der Waals surface area contributed by atoms with Gasteiger partial charge in [0.1, 0.15) is 24.3 Å². The third-order valence-corrected chi connectivity index (χ3v) is 7.01. The van der Waals surface area contributed by atoms with E-state index in [-0.39, 0.29) is 18.2 Å². The molecule has 0 aliphatic carbocycles. The van der Waals surface area contributed by atoms with Crippen LogP contribution < -0.4 is 4.74 Å². The van der Waals surface area contributed by atoms with E-state index in [2.05, 4.69) is 22.1 Å². The Kier molecular flexibility index (Phi) is 6.78. The maximum absolute atomic E-state index is 11.6. The summed E-state index contributed by atoms with van der Waals surface area (Å²) in [6, 6.07) is 19.6. The zero-order chi connectivity index (χ0) is 26.2. The fraction of sp³-hybridized carbons (Fsp3) is 0.148. The lowest BCUT2D eigenvalue weighted by molar-refractivity contribution is 0.342. The zero-order valence-electron chi connectivity index (χ0n) is 19.6. The van der Waals surface area contributed by atoms with Crippen LogP contribution in [0.1, 0.15) is 11.4 Å². The lowest BCUT2D eigenvalue weighted by atomic mass is 10.0. The number of hydrogen-bond acceptors (Lipinski definition) is 6. The molecular weight excluding hydrogens is 531 g/mol. The van der Waals surface area contributed by atoms with E-state index in [9.17, 15) is 13.7 Å². The highest BCUT2D eigenvalue weighted by atomic mass is 35.5. The minimum atomic E-state index is -3.21. The molecule has 0 spiro atoms. The van der Waals surface area contributed by atoms with E-state index < -0.39 is 9.84 Å². The quantitative estimate of drug-likeness (QED) is 0.233. The van der Waals surface area contributed by atoms with Crippen molar-refractivity contribution < 1.29 is 13.2 Å². The van der Waals surface area contributed by atoms with Crippen LogP contribution in [0.25, 0.3) is 38.6 Å². The molecule has 0 aliphatic rings. The van der Waals surface area contributed by atoms with Gasteiger partial charge in [0.15, 0.2) is 15.6 Å². The van der Waals surface area contributed by atoms with Crippen molar-refractivity contribution in [2.24, 2.45) is 0 Å². The Hall–Kier alpha value is -3.64. The van der Waals surface area contributed by atoms with Crippen molar-refractivity contribution in [2.75, 3.05) is 18.7 Å². The molecule has 0 radical (unpaired) electrons. The molecule has 0 saturated heterocycles. The summed E-state index contributed by atoms with van der Waals surface area (Å²) >= 11 is 12.1. The van der Waals surface area contributed by atoms with Gasteiger partial charge in [-0.05, 0) is 53.6 Å². The molecule has 186 valence electrons. The first kappa shape index (κ1) is 25.0. The Bertz CT molecular complexity index is 1810. The minimum Gasteiger partial charge on any atom is -0.489 e. The van der Waals surface area contributed by atoms with Gasteiger partial charge in [-0.3, -0.25) is 0 Å². The van der Waals surface area contributed by atoms with Gasteiger partial charge in [0.05, 0.1) is 27.5 Å². The van der Waals surface area contributed by atoms with Gasteiger partial charge in [-0.2, -0.15) is 5.26 Å². The van der Waals surface area contributed by atoms with Crippen molar-refractivity contribution in [3.05, 3.63) is 83.4 Å². The third kappa shape index (κ3) is 5.25. The van der Waals surface area contributed by atoms with E-state index in [0.717, 1.165) is 39.4 Å². The Balaban J connectivity index is 1.49. The van der Waals surface area contributed by atoms with Crippen molar-refractivity contribution in [2.45, 2.75) is 5.75 Å². The average molecular weight is 551 g/mol. The molecule has 0 amide bonds. The molecule has 3 aromatic carbocycles. The standard InChI is InChI=1S/C27H20Cl2N4O3S/c1-37(34,35)16-26-31-15-21-11-17(2-4-24(21)32-26)18-3-5-25-19(10-18)6-8-33(25)22-12-20(14-30)27(23(29)13-22)36-9-7-28/h2-6,8,10-13,15H,7,9,16H2,1H3. The summed E-state index contributed by atoms with van der Waals surface area (Å²) in [5, 5.41) is 11.8. The van der Waals surface area contributed by atoms with E-state index in [0.29, 0.717) is 27.7 Å². The van der Waals surface area contributed by atoms with Gasteiger partial charge in [0.2, 0.25) is 0 Å². The number of benzene rings is 3. The zero-order valence-corrected chi connectivity index (χ0v) is 22.0. The number of fused-ring (bicyclic) bond motifs is 2. The molecule has 37 heavy (non-hydrogen) atoms. The predicted octanol–water partition coefficient (Wildman–Crippen LogP) is 5.93. The molecule has 0 N–H and O–H groups in total. The number of halogens is 2. The number of ether oxygens (including phenoxy) is 1. The normalized spacial score (nSPS) is 11.6. The third-order valence-electron chi connectivity index (χ3n) is 5.80. The van der Waals surface area contributed by atoms with Crippen LogP contribution >= 0.6 is 23.2 Å². The second kappa shape index (κ2) is 10.0.